The fourth-order valence-electron chi connectivity index (χ4n) is 1.44. The Hall–Kier alpha value is -1.63. The maximum atomic E-state index is 12.1. The molecule has 7 heteroatoms. The van der Waals surface area contributed by atoms with Crippen LogP contribution in [0.2, 0.25) is 0 Å². The number of carboxylic acids is 1. The highest BCUT2D eigenvalue weighted by Crippen LogP contribution is 2.13. The molecule has 0 radical (unpaired) electrons. The molecule has 0 aliphatic rings. The molecular weight excluding hydrogens is 274 g/mol. The molecule has 0 aliphatic heterocycles. The molecule has 1 unspecified atom stereocenters. The Morgan fingerprint density at radius 3 is 2.19 bits per heavy atom. The van der Waals surface area contributed by atoms with Gasteiger partial charge in [-0.25, -0.2) is 0 Å². The topological polar surface area (TPSA) is 98.7 Å². The second-order valence-electron chi connectivity index (χ2n) is 6.30. The Labute approximate surface area is 126 Å². The predicted octanol–water partition coefficient (Wildman–Crippen LogP) is 0.0599. The number of hydrogen-bond acceptors (Lipinski definition) is 4. The van der Waals surface area contributed by atoms with Crippen LogP contribution in [0.1, 0.15) is 33.6 Å². The SMILES string of the molecule is CN(C)CCNC(=O)C(CCC(=O)O)NC(=O)C(C)(C)C. The Balaban J connectivity index is 4.60. The lowest BCUT2D eigenvalue weighted by atomic mass is 9.94. The number of carbonyl (C=O) groups excluding carboxylic acids is 2. The van der Waals surface area contributed by atoms with Gasteiger partial charge in [0.15, 0.2) is 0 Å². The molecule has 1 atom stereocenters. The standard InChI is InChI=1S/C14H27N3O4/c1-14(2,3)13(21)16-10(6-7-11(18)19)12(20)15-8-9-17(4)5/h10H,6-9H2,1-5H3,(H,15,20)(H,16,21)(H,18,19). The maximum absolute atomic E-state index is 12.1. The molecule has 0 bridgehead atoms. The Kier molecular flexibility index (Phi) is 7.94. The van der Waals surface area contributed by atoms with Crippen molar-refractivity contribution in [2.24, 2.45) is 5.41 Å². The van der Waals surface area contributed by atoms with E-state index in [1.165, 1.54) is 0 Å². The van der Waals surface area contributed by atoms with Gasteiger partial charge in [-0.1, -0.05) is 20.8 Å². The summed E-state index contributed by atoms with van der Waals surface area (Å²) in [7, 11) is 3.77. The van der Waals surface area contributed by atoms with Crippen molar-refractivity contribution in [1.29, 1.82) is 0 Å². The van der Waals surface area contributed by atoms with Crippen molar-refractivity contribution in [3.63, 3.8) is 0 Å². The number of likely N-dealkylation sites (N-methyl/N-ethyl adjacent to an activating group) is 1. The van der Waals surface area contributed by atoms with E-state index < -0.39 is 17.4 Å². The van der Waals surface area contributed by atoms with Gasteiger partial charge in [0.25, 0.3) is 0 Å². The molecule has 0 fully saturated rings. The first-order chi connectivity index (χ1) is 9.54. The van der Waals surface area contributed by atoms with Gasteiger partial charge >= 0.3 is 5.97 Å². The van der Waals surface area contributed by atoms with Crippen molar-refractivity contribution < 1.29 is 19.5 Å². The highest BCUT2D eigenvalue weighted by molar-refractivity contribution is 5.89. The summed E-state index contributed by atoms with van der Waals surface area (Å²) in [5.41, 5.74) is -0.634. The van der Waals surface area contributed by atoms with Crippen LogP contribution in [-0.2, 0) is 14.4 Å². The minimum absolute atomic E-state index is 0.0744. The Bertz CT molecular complexity index is 375. The second-order valence-corrected chi connectivity index (χ2v) is 6.30. The van der Waals surface area contributed by atoms with Crippen LogP contribution in [0.25, 0.3) is 0 Å². The number of carbonyl (C=O) groups is 3. The van der Waals surface area contributed by atoms with E-state index in [4.69, 9.17) is 5.11 Å². The summed E-state index contributed by atoms with van der Waals surface area (Å²) in [5.74, 6) is -1.62. The summed E-state index contributed by atoms with van der Waals surface area (Å²) in [5, 5.41) is 14.1. The van der Waals surface area contributed by atoms with E-state index in [1.807, 2.05) is 19.0 Å². The van der Waals surface area contributed by atoms with Crippen LogP contribution >= 0.6 is 0 Å². The molecule has 21 heavy (non-hydrogen) atoms. The average molecular weight is 301 g/mol. The smallest absolute Gasteiger partial charge is 0.303 e. The van der Waals surface area contributed by atoms with Gasteiger partial charge in [-0.3, -0.25) is 14.4 Å². The van der Waals surface area contributed by atoms with Crippen LogP contribution in [0.5, 0.6) is 0 Å². The quantitative estimate of drug-likeness (QED) is 0.589. The van der Waals surface area contributed by atoms with Crippen molar-refractivity contribution in [1.82, 2.24) is 15.5 Å². The normalized spacial score (nSPS) is 12.9. The molecule has 122 valence electrons. The third-order valence-electron chi connectivity index (χ3n) is 2.81. The molecule has 0 saturated carbocycles. The fraction of sp³-hybridized carbons (Fsp3) is 0.786. The zero-order valence-electron chi connectivity index (χ0n) is 13.5. The van der Waals surface area contributed by atoms with Crippen molar-refractivity contribution in [3.05, 3.63) is 0 Å². The van der Waals surface area contributed by atoms with E-state index in [9.17, 15) is 14.4 Å². The highest BCUT2D eigenvalue weighted by Gasteiger charge is 2.27. The summed E-state index contributed by atoms with van der Waals surface area (Å²) in [4.78, 5) is 36.6. The van der Waals surface area contributed by atoms with Crippen LogP contribution in [0.4, 0.5) is 0 Å². The molecule has 0 rings (SSSR count). The van der Waals surface area contributed by atoms with Crippen LogP contribution in [0.15, 0.2) is 0 Å². The molecule has 3 N–H and O–H groups in total. The monoisotopic (exact) mass is 301 g/mol. The van der Waals surface area contributed by atoms with Gasteiger partial charge in [0.05, 0.1) is 0 Å². The minimum Gasteiger partial charge on any atom is -0.481 e. The molecule has 0 aromatic carbocycles. The first-order valence-corrected chi connectivity index (χ1v) is 6.99. The lowest BCUT2D eigenvalue weighted by molar-refractivity contribution is -0.138. The zero-order valence-corrected chi connectivity index (χ0v) is 13.5. The summed E-state index contributed by atoms with van der Waals surface area (Å²) < 4.78 is 0. The van der Waals surface area contributed by atoms with Gasteiger partial charge in [-0.15, -0.1) is 0 Å². The largest absolute Gasteiger partial charge is 0.481 e. The average Bonchev–Trinajstić information content (AvgIpc) is 2.31. The van der Waals surface area contributed by atoms with Crippen LogP contribution < -0.4 is 10.6 Å². The van der Waals surface area contributed by atoms with E-state index in [1.54, 1.807) is 20.8 Å². The molecule has 0 aromatic heterocycles. The number of hydrogen-bond donors (Lipinski definition) is 3. The van der Waals surface area contributed by atoms with Gasteiger partial charge in [0, 0.05) is 24.9 Å². The fourth-order valence-corrected chi connectivity index (χ4v) is 1.44. The van der Waals surface area contributed by atoms with Crippen LogP contribution in [-0.4, -0.2) is 61.0 Å². The van der Waals surface area contributed by atoms with Gasteiger partial charge in [0.2, 0.25) is 11.8 Å². The number of rotatable bonds is 8. The van der Waals surface area contributed by atoms with Crippen molar-refractivity contribution >= 4 is 17.8 Å². The summed E-state index contributed by atoms with van der Waals surface area (Å²) in [6.07, 6.45) is -0.0961. The molecule has 7 nitrogen and oxygen atoms in total. The molecular formula is C14H27N3O4. The van der Waals surface area contributed by atoms with Crippen LogP contribution in [0, 0.1) is 5.41 Å². The van der Waals surface area contributed by atoms with Crippen molar-refractivity contribution in [2.45, 2.75) is 39.7 Å². The first-order valence-electron chi connectivity index (χ1n) is 6.99. The summed E-state index contributed by atoms with van der Waals surface area (Å²) in [6.45, 7) is 6.33. The molecule has 0 heterocycles. The molecule has 2 amide bonds. The van der Waals surface area contributed by atoms with Crippen molar-refractivity contribution in [3.8, 4) is 0 Å². The van der Waals surface area contributed by atoms with Gasteiger partial charge < -0.3 is 20.6 Å². The second kappa shape index (κ2) is 8.61. The lowest BCUT2D eigenvalue weighted by Gasteiger charge is -2.23. The van der Waals surface area contributed by atoms with E-state index in [2.05, 4.69) is 10.6 Å². The number of aliphatic carboxylic acids is 1. The van der Waals surface area contributed by atoms with Crippen LogP contribution in [0.3, 0.4) is 0 Å². The summed E-state index contributed by atoms with van der Waals surface area (Å²) in [6, 6.07) is -0.824. The van der Waals surface area contributed by atoms with E-state index in [0.29, 0.717) is 13.1 Å². The zero-order chi connectivity index (χ0) is 16.6. The molecule has 0 aliphatic carbocycles. The first kappa shape index (κ1) is 19.4. The number of carboxylic acid groups (broad SMARTS) is 1. The lowest BCUT2D eigenvalue weighted by Crippen LogP contribution is -2.50. The summed E-state index contributed by atoms with van der Waals surface area (Å²) >= 11 is 0. The number of nitrogens with one attached hydrogen (secondary N) is 2. The third kappa shape index (κ3) is 9.01. The Morgan fingerprint density at radius 1 is 1.19 bits per heavy atom. The molecule has 0 spiro atoms. The predicted molar refractivity (Wildman–Crippen MR) is 79.8 cm³/mol. The minimum atomic E-state index is -0.994. The van der Waals surface area contributed by atoms with Gasteiger partial charge in [-0.2, -0.15) is 0 Å². The highest BCUT2D eigenvalue weighted by atomic mass is 16.4. The number of nitrogens with zero attached hydrogens (tertiary/aromatic N) is 1. The molecule has 0 aromatic rings. The maximum Gasteiger partial charge on any atom is 0.303 e. The van der Waals surface area contributed by atoms with E-state index in [-0.39, 0.29) is 24.7 Å². The Morgan fingerprint density at radius 2 is 1.76 bits per heavy atom. The van der Waals surface area contributed by atoms with Gasteiger partial charge in [0.1, 0.15) is 6.04 Å². The van der Waals surface area contributed by atoms with Gasteiger partial charge in [-0.05, 0) is 20.5 Å². The molecule has 0 saturated heterocycles. The van der Waals surface area contributed by atoms with E-state index >= 15 is 0 Å². The van der Waals surface area contributed by atoms with Crippen molar-refractivity contribution in [2.75, 3.05) is 27.2 Å². The number of amides is 2. The van der Waals surface area contributed by atoms with E-state index in [0.717, 1.165) is 0 Å². The third-order valence-corrected chi connectivity index (χ3v) is 2.81.